The molecule has 0 bridgehead atoms. The van der Waals surface area contributed by atoms with Gasteiger partial charge in [-0.3, -0.25) is 14.4 Å². The molecule has 3 aromatic heterocycles. The van der Waals surface area contributed by atoms with E-state index in [1.54, 1.807) is 32.9 Å². The van der Waals surface area contributed by atoms with E-state index in [2.05, 4.69) is 91.0 Å². The Bertz CT molecular complexity index is 4420. The quantitative estimate of drug-likeness (QED) is 0.106. The van der Waals surface area contributed by atoms with E-state index in [9.17, 15) is 0 Å². The van der Waals surface area contributed by atoms with Crippen molar-refractivity contribution in [2.24, 2.45) is 0 Å². The number of hydrogen-bond donors (Lipinski definition) is 0. The molecular formula is C69H57B9N6O3. The molecule has 3 heterocycles. The van der Waals surface area contributed by atoms with Gasteiger partial charge in [0, 0.05) is 66.6 Å². The van der Waals surface area contributed by atoms with Gasteiger partial charge in [0.15, 0.2) is 0 Å². The van der Waals surface area contributed by atoms with Crippen LogP contribution >= 0.6 is 0 Å². The predicted molar refractivity (Wildman–Crippen MR) is 386 cm³/mol. The average molecular weight is 1120 g/mol. The average Bonchev–Trinajstić information content (AvgIpc) is 1.23. The van der Waals surface area contributed by atoms with Crippen LogP contribution < -0.4 is 14.7 Å². The highest BCUT2D eigenvalue weighted by Gasteiger charge is 2.35. The number of nitrogens with zero attached hydrogens (tertiary/aromatic N) is 6. The second kappa shape index (κ2) is 21.9. The van der Waals surface area contributed by atoms with Crippen molar-refractivity contribution in [2.75, 3.05) is 14.7 Å². The van der Waals surface area contributed by atoms with Gasteiger partial charge in [0.05, 0.1) is 33.6 Å². The fourth-order valence-corrected chi connectivity index (χ4v) is 12.3. The van der Waals surface area contributed by atoms with Crippen molar-refractivity contribution in [2.45, 2.75) is 15.7 Å². The summed E-state index contributed by atoms with van der Waals surface area (Å²) in [7, 11) is 17.8. The van der Waals surface area contributed by atoms with E-state index in [-0.39, 0.29) is 34.4 Å². The lowest BCUT2D eigenvalue weighted by molar-refractivity contribution is 0.0985. The topological polar surface area (TPSA) is 99.6 Å². The van der Waals surface area contributed by atoms with Gasteiger partial charge in [0.1, 0.15) is 70.6 Å². The van der Waals surface area contributed by atoms with Crippen LogP contribution in [0.3, 0.4) is 0 Å². The van der Waals surface area contributed by atoms with Gasteiger partial charge >= 0.3 is 0 Å². The Hall–Kier alpha value is -9.80. The van der Waals surface area contributed by atoms with Crippen LogP contribution in [0.15, 0.2) is 237 Å². The molecule has 10 aromatic carbocycles. The molecule has 408 valence electrons. The van der Waals surface area contributed by atoms with E-state index in [1.165, 1.54) is 0 Å². The summed E-state index contributed by atoms with van der Waals surface area (Å²) in [6.07, 6.45) is 0. The number of anilines is 3. The number of hydrogen-bond acceptors (Lipinski definition) is 6. The number of carbonyl (C=O) groups excluding carboxylic acids is 3. The number of benzene rings is 10. The zero-order valence-electron chi connectivity index (χ0n) is 50.4. The molecule has 0 aliphatic carbocycles. The van der Waals surface area contributed by atoms with E-state index in [4.69, 9.17) is 15.0 Å². The minimum Gasteiger partial charge on any atom is -0.326 e. The number of pyridine rings is 3. The summed E-state index contributed by atoms with van der Waals surface area (Å²) < 4.78 is 0. The van der Waals surface area contributed by atoms with Crippen LogP contribution in [-0.2, 0) is 0 Å². The van der Waals surface area contributed by atoms with E-state index < -0.39 is 15.7 Å². The monoisotopic (exact) mass is 1120 g/mol. The molecule has 0 fully saturated rings. The van der Waals surface area contributed by atoms with E-state index >= 15 is 14.4 Å². The van der Waals surface area contributed by atoms with E-state index in [0.717, 1.165) is 98.8 Å². The first-order valence-corrected chi connectivity index (χ1v) is 29.6. The molecule has 13 aromatic rings. The summed E-state index contributed by atoms with van der Waals surface area (Å²) in [5.74, 6) is -1.13. The third-order valence-electron chi connectivity index (χ3n) is 16.3. The number of rotatable bonds is 12. The Morgan fingerprint density at radius 1 is 0.276 bits per heavy atom. The van der Waals surface area contributed by atoms with Gasteiger partial charge in [-0.1, -0.05) is 146 Å². The smallest absolute Gasteiger partial charge is 0.256 e. The Morgan fingerprint density at radius 3 is 0.782 bits per heavy atom. The molecule has 0 spiro atoms. The van der Waals surface area contributed by atoms with Gasteiger partial charge in [-0.15, -0.1) is 0 Å². The van der Waals surface area contributed by atoms with Crippen LogP contribution in [0.4, 0.5) is 17.1 Å². The summed E-state index contributed by atoms with van der Waals surface area (Å²) in [4.78, 5) is 67.6. The van der Waals surface area contributed by atoms with Crippen molar-refractivity contribution >= 4 is 170 Å². The highest BCUT2D eigenvalue weighted by atomic mass is 16.2. The van der Waals surface area contributed by atoms with Crippen molar-refractivity contribution in [3.8, 4) is 33.8 Å². The van der Waals surface area contributed by atoms with Crippen LogP contribution in [0.25, 0.3) is 98.8 Å². The number of aromatic nitrogens is 3. The van der Waals surface area contributed by atoms with Crippen LogP contribution in [0.5, 0.6) is 0 Å². The molecule has 0 radical (unpaired) electrons. The van der Waals surface area contributed by atoms with Gasteiger partial charge in [0.2, 0.25) is 0 Å². The third-order valence-corrected chi connectivity index (χ3v) is 16.3. The lowest BCUT2D eigenvalue weighted by Crippen LogP contribution is -2.55. The first-order valence-electron chi connectivity index (χ1n) is 29.6. The first-order chi connectivity index (χ1) is 41.7. The molecule has 0 atom stereocenters. The van der Waals surface area contributed by atoms with Crippen LogP contribution in [-0.4, -0.2) is 119 Å². The van der Waals surface area contributed by atoms with Gasteiger partial charge in [-0.25, -0.2) is 15.0 Å². The van der Waals surface area contributed by atoms with Crippen LogP contribution in [0.1, 0.15) is 31.1 Å². The van der Waals surface area contributed by atoms with Crippen molar-refractivity contribution in [1.29, 1.82) is 0 Å². The van der Waals surface area contributed by atoms with Crippen molar-refractivity contribution in [3.05, 3.63) is 253 Å². The number of fused-ring (bicyclic) bond motifs is 9. The maximum atomic E-state index is 15.7. The van der Waals surface area contributed by atoms with E-state index in [1.807, 2.05) is 198 Å². The van der Waals surface area contributed by atoms with Gasteiger partial charge < -0.3 is 14.7 Å². The number of amides is 3. The van der Waals surface area contributed by atoms with Crippen molar-refractivity contribution in [1.82, 2.24) is 15.0 Å². The number of carbonyl (C=O) groups is 3. The molecule has 9 nitrogen and oxygen atoms in total. The van der Waals surface area contributed by atoms with Gasteiger partial charge in [0.25, 0.3) is 17.7 Å². The molecule has 13 rings (SSSR count). The standard InChI is InChI=1S/C69H57B9N6O3/c70-67(71,72)82(49-22-13-43(14-23-49)58-34-28-55-52-10-4-1-7-40(52)19-31-61(55)79-58)64(85)46-37-47(65(86)83(68(73,74)75)50-24-15-44(16-25-50)59-35-29-56-53-11-5-2-8-41(53)20-32-62(56)80-59)39-48(38-46)66(87)84(69(76,77)78)51-26-17-45(18-27-51)60-36-30-57-54-12-6-3-9-42(54)21-33-63(57)81-60/h1-39H,70-78H2. The van der Waals surface area contributed by atoms with Gasteiger partial charge in [-0.2, -0.15) is 0 Å². The Kier molecular flexibility index (Phi) is 14.2. The molecular weight excluding hydrogens is 1060 g/mol. The molecule has 0 N–H and O–H groups in total. The van der Waals surface area contributed by atoms with Crippen molar-refractivity contribution < 1.29 is 14.4 Å². The zero-order valence-corrected chi connectivity index (χ0v) is 50.4. The minimum absolute atomic E-state index is 0.186. The SMILES string of the molecule is BC(B)(B)N(C(=O)c1cc(C(=O)N(c2ccc(-c3ccc4c(ccc5ccccc54)n3)cc2)C(B)(B)B)cc(C(=O)N(c2ccc(-c3ccc4c(ccc5ccccc54)n3)cc2)C(B)(B)B)c1)c1ccc(-c2ccc3c(ccc4ccccc43)n2)cc1. The molecule has 0 aliphatic heterocycles. The Morgan fingerprint density at radius 2 is 0.529 bits per heavy atom. The van der Waals surface area contributed by atoms with Gasteiger partial charge in [-0.05, 0) is 139 Å². The predicted octanol–water partition coefficient (Wildman–Crippen LogP) is 6.26. The molecule has 0 saturated heterocycles. The molecule has 0 unspecified atom stereocenters. The summed E-state index contributed by atoms with van der Waals surface area (Å²) in [6.45, 7) is 0. The largest absolute Gasteiger partial charge is 0.326 e. The summed E-state index contributed by atoms with van der Waals surface area (Å²) in [5, 5.41) is 7.87. The minimum atomic E-state index is -0.759. The lowest BCUT2D eigenvalue weighted by atomic mass is 9.48. The second-order valence-electron chi connectivity index (χ2n) is 25.5. The second-order valence-corrected chi connectivity index (χ2v) is 25.5. The first kappa shape index (κ1) is 56.3. The maximum Gasteiger partial charge on any atom is 0.256 e. The summed E-state index contributed by atoms with van der Waals surface area (Å²) in [6, 6.07) is 78.3. The highest BCUT2D eigenvalue weighted by Crippen LogP contribution is 2.35. The summed E-state index contributed by atoms with van der Waals surface area (Å²) >= 11 is 0. The zero-order chi connectivity index (χ0) is 60.5. The van der Waals surface area contributed by atoms with Crippen LogP contribution in [0, 0.1) is 0 Å². The molecule has 87 heavy (non-hydrogen) atoms. The maximum absolute atomic E-state index is 15.7. The molecule has 3 amide bonds. The Balaban J connectivity index is 0.873. The fraction of sp³-hybridized carbons (Fsp3) is 0.0435. The third kappa shape index (κ3) is 10.8. The normalized spacial score (nSPS) is 12.0. The molecule has 0 saturated carbocycles. The van der Waals surface area contributed by atoms with Crippen molar-refractivity contribution in [3.63, 3.8) is 0 Å². The van der Waals surface area contributed by atoms with Crippen LogP contribution in [0.2, 0.25) is 0 Å². The lowest BCUT2D eigenvalue weighted by Gasteiger charge is -2.38. The summed E-state index contributed by atoms with van der Waals surface area (Å²) in [5.41, 5.74) is 10.3. The highest BCUT2D eigenvalue weighted by molar-refractivity contribution is 6.64. The fourth-order valence-electron chi connectivity index (χ4n) is 12.3. The molecule has 0 aliphatic rings. The van der Waals surface area contributed by atoms with E-state index in [0.29, 0.717) is 17.1 Å². The Labute approximate surface area is 514 Å². The molecule has 18 heteroatoms.